The minimum Gasteiger partial charge on any atom is -0.493 e. The number of methoxy groups -OCH3 is 1. The van der Waals surface area contributed by atoms with E-state index in [4.69, 9.17) is 9.47 Å². The molecule has 1 atom stereocenters. The van der Waals surface area contributed by atoms with Crippen LogP contribution in [0.5, 0.6) is 11.5 Å². The van der Waals surface area contributed by atoms with E-state index >= 15 is 0 Å². The van der Waals surface area contributed by atoms with Gasteiger partial charge in [-0.2, -0.15) is 8.78 Å². The van der Waals surface area contributed by atoms with Crippen molar-refractivity contribution in [2.75, 3.05) is 40.0 Å². The fourth-order valence-electron chi connectivity index (χ4n) is 3.62. The van der Waals surface area contributed by atoms with Crippen molar-refractivity contribution in [1.29, 1.82) is 0 Å². The Morgan fingerprint density at radius 1 is 1.13 bits per heavy atom. The van der Waals surface area contributed by atoms with E-state index in [0.29, 0.717) is 31.9 Å². The Kier molecular flexibility index (Phi) is 8.20. The van der Waals surface area contributed by atoms with Gasteiger partial charge in [-0.1, -0.05) is 30.3 Å². The standard InChI is InChI=1S/C23H28F2N2O4/c1-17(15-26-10-12-30-13-11-26)27(16-18-6-4-3-5-7-18)22(28)19-8-9-20(31-23(24)25)21(14-19)29-2/h3-9,14,17,23H,10-13,15-16H2,1-2H3. The molecule has 31 heavy (non-hydrogen) atoms. The molecule has 0 spiro atoms. The topological polar surface area (TPSA) is 51.2 Å². The Bertz CT molecular complexity index is 845. The highest BCUT2D eigenvalue weighted by molar-refractivity contribution is 5.95. The summed E-state index contributed by atoms with van der Waals surface area (Å²) in [6.45, 7) is 3.20. The van der Waals surface area contributed by atoms with Crippen LogP contribution in [0.4, 0.5) is 8.78 Å². The molecule has 2 aromatic rings. The van der Waals surface area contributed by atoms with Crippen molar-refractivity contribution >= 4 is 5.91 Å². The lowest BCUT2D eigenvalue weighted by Gasteiger charge is -2.35. The Balaban J connectivity index is 1.83. The summed E-state index contributed by atoms with van der Waals surface area (Å²) in [6, 6.07) is 13.9. The van der Waals surface area contributed by atoms with Crippen LogP contribution in [0, 0.1) is 0 Å². The number of halogens is 2. The van der Waals surface area contributed by atoms with Crippen LogP contribution in [-0.2, 0) is 11.3 Å². The molecule has 168 valence electrons. The van der Waals surface area contributed by atoms with Crippen LogP contribution >= 0.6 is 0 Å². The van der Waals surface area contributed by atoms with Gasteiger partial charge in [0.15, 0.2) is 11.5 Å². The summed E-state index contributed by atoms with van der Waals surface area (Å²) < 4.78 is 40.3. The van der Waals surface area contributed by atoms with E-state index in [1.807, 2.05) is 37.3 Å². The van der Waals surface area contributed by atoms with Gasteiger partial charge in [0.05, 0.1) is 20.3 Å². The van der Waals surface area contributed by atoms with Gasteiger partial charge in [-0.3, -0.25) is 9.69 Å². The summed E-state index contributed by atoms with van der Waals surface area (Å²) in [6.07, 6.45) is 0. The first kappa shape index (κ1) is 23.0. The van der Waals surface area contributed by atoms with Crippen LogP contribution < -0.4 is 9.47 Å². The SMILES string of the molecule is COc1cc(C(=O)N(Cc2ccccc2)C(C)CN2CCOCC2)ccc1OC(F)F. The molecule has 1 amide bonds. The lowest BCUT2D eigenvalue weighted by Crippen LogP contribution is -2.48. The Labute approximate surface area is 181 Å². The number of benzene rings is 2. The van der Waals surface area contributed by atoms with Crippen LogP contribution in [0.25, 0.3) is 0 Å². The summed E-state index contributed by atoms with van der Waals surface area (Å²) in [5.74, 6) is -0.219. The number of amides is 1. The highest BCUT2D eigenvalue weighted by Crippen LogP contribution is 2.30. The van der Waals surface area contributed by atoms with E-state index in [9.17, 15) is 13.6 Å². The quantitative estimate of drug-likeness (QED) is 0.603. The molecule has 0 saturated carbocycles. The fraction of sp³-hybridized carbons (Fsp3) is 0.435. The molecule has 3 rings (SSSR count). The third kappa shape index (κ3) is 6.38. The molecule has 1 aliphatic heterocycles. The molecule has 1 heterocycles. The Morgan fingerprint density at radius 3 is 2.48 bits per heavy atom. The van der Waals surface area contributed by atoms with Gasteiger partial charge in [-0.15, -0.1) is 0 Å². The van der Waals surface area contributed by atoms with Crippen LogP contribution in [0.15, 0.2) is 48.5 Å². The van der Waals surface area contributed by atoms with Crippen LogP contribution in [0.3, 0.4) is 0 Å². The van der Waals surface area contributed by atoms with E-state index in [-0.39, 0.29) is 23.4 Å². The molecule has 1 fully saturated rings. The van der Waals surface area contributed by atoms with Crippen molar-refractivity contribution in [1.82, 2.24) is 9.80 Å². The number of hydrogen-bond acceptors (Lipinski definition) is 5. The number of morpholine rings is 1. The number of carbonyl (C=O) groups is 1. The van der Waals surface area contributed by atoms with Gasteiger partial charge >= 0.3 is 6.61 Å². The van der Waals surface area contributed by atoms with E-state index < -0.39 is 6.61 Å². The second-order valence-electron chi connectivity index (χ2n) is 7.42. The Morgan fingerprint density at radius 2 is 1.84 bits per heavy atom. The second kappa shape index (κ2) is 11.1. The highest BCUT2D eigenvalue weighted by atomic mass is 19.3. The molecule has 8 heteroatoms. The third-order valence-corrected chi connectivity index (χ3v) is 5.24. The molecular formula is C23H28F2N2O4. The molecule has 1 saturated heterocycles. The predicted molar refractivity (Wildman–Crippen MR) is 113 cm³/mol. The molecule has 2 aromatic carbocycles. The van der Waals surface area contributed by atoms with Crippen molar-refractivity contribution in [3.8, 4) is 11.5 Å². The summed E-state index contributed by atoms with van der Waals surface area (Å²) >= 11 is 0. The smallest absolute Gasteiger partial charge is 0.387 e. The minimum absolute atomic E-state index is 0.0752. The highest BCUT2D eigenvalue weighted by Gasteiger charge is 2.25. The average molecular weight is 434 g/mol. The number of alkyl halides is 2. The summed E-state index contributed by atoms with van der Waals surface area (Å²) in [4.78, 5) is 17.5. The van der Waals surface area contributed by atoms with Crippen LogP contribution in [0.1, 0.15) is 22.8 Å². The second-order valence-corrected chi connectivity index (χ2v) is 7.42. The maximum absolute atomic E-state index is 13.5. The van der Waals surface area contributed by atoms with E-state index in [2.05, 4.69) is 9.64 Å². The van der Waals surface area contributed by atoms with Crippen molar-refractivity contribution in [3.63, 3.8) is 0 Å². The van der Waals surface area contributed by atoms with Gasteiger partial charge in [0.2, 0.25) is 0 Å². The zero-order chi connectivity index (χ0) is 22.2. The van der Waals surface area contributed by atoms with Crippen molar-refractivity contribution in [2.24, 2.45) is 0 Å². The molecule has 1 aliphatic rings. The molecule has 0 aliphatic carbocycles. The number of hydrogen-bond donors (Lipinski definition) is 0. The van der Waals surface area contributed by atoms with Crippen LogP contribution in [-0.4, -0.2) is 68.3 Å². The molecule has 6 nitrogen and oxygen atoms in total. The molecule has 1 unspecified atom stereocenters. The maximum atomic E-state index is 13.5. The van der Waals surface area contributed by atoms with Crippen LogP contribution in [0.2, 0.25) is 0 Å². The molecule has 0 N–H and O–H groups in total. The van der Waals surface area contributed by atoms with E-state index in [1.54, 1.807) is 4.90 Å². The average Bonchev–Trinajstić information content (AvgIpc) is 2.78. The van der Waals surface area contributed by atoms with Gasteiger partial charge < -0.3 is 19.1 Å². The minimum atomic E-state index is -2.97. The number of nitrogens with zero attached hydrogens (tertiary/aromatic N) is 2. The van der Waals surface area contributed by atoms with Gasteiger partial charge in [0.1, 0.15) is 0 Å². The first-order chi connectivity index (χ1) is 15.0. The van der Waals surface area contributed by atoms with Gasteiger partial charge in [-0.05, 0) is 30.7 Å². The van der Waals surface area contributed by atoms with Gasteiger partial charge in [0, 0.05) is 37.8 Å². The molecule has 0 aromatic heterocycles. The normalized spacial score (nSPS) is 15.5. The monoisotopic (exact) mass is 434 g/mol. The number of ether oxygens (including phenoxy) is 3. The predicted octanol–water partition coefficient (Wildman–Crippen LogP) is 3.66. The molecule has 0 radical (unpaired) electrons. The fourth-order valence-corrected chi connectivity index (χ4v) is 3.62. The van der Waals surface area contributed by atoms with Gasteiger partial charge in [-0.25, -0.2) is 0 Å². The third-order valence-electron chi connectivity index (χ3n) is 5.24. The first-order valence-electron chi connectivity index (χ1n) is 10.3. The molecule has 0 bridgehead atoms. The molecular weight excluding hydrogens is 406 g/mol. The first-order valence-corrected chi connectivity index (χ1v) is 10.3. The van der Waals surface area contributed by atoms with E-state index in [0.717, 1.165) is 18.7 Å². The lowest BCUT2D eigenvalue weighted by atomic mass is 10.1. The van der Waals surface area contributed by atoms with E-state index in [1.165, 1.54) is 25.3 Å². The zero-order valence-electron chi connectivity index (χ0n) is 17.8. The number of carbonyl (C=O) groups excluding carboxylic acids is 1. The summed E-state index contributed by atoms with van der Waals surface area (Å²) in [5.41, 5.74) is 1.36. The van der Waals surface area contributed by atoms with Crippen molar-refractivity contribution in [2.45, 2.75) is 26.1 Å². The maximum Gasteiger partial charge on any atom is 0.387 e. The summed E-state index contributed by atoms with van der Waals surface area (Å²) in [5, 5.41) is 0. The van der Waals surface area contributed by atoms with Crippen molar-refractivity contribution in [3.05, 3.63) is 59.7 Å². The van der Waals surface area contributed by atoms with Gasteiger partial charge in [0.25, 0.3) is 5.91 Å². The summed E-state index contributed by atoms with van der Waals surface area (Å²) in [7, 11) is 1.35. The Hall–Kier alpha value is -2.71. The zero-order valence-corrected chi connectivity index (χ0v) is 17.8. The lowest BCUT2D eigenvalue weighted by molar-refractivity contribution is -0.0512. The van der Waals surface area contributed by atoms with Crippen molar-refractivity contribution < 1.29 is 27.8 Å². The largest absolute Gasteiger partial charge is 0.493 e. The number of rotatable bonds is 9.